The number of amides is 3. The molecule has 3 amide bonds. The number of nitrogens with zero attached hydrogens (tertiary/aromatic N) is 2. The van der Waals surface area contributed by atoms with Crippen molar-refractivity contribution in [2.24, 2.45) is 28.1 Å². The average molecular weight is 520 g/mol. The molecule has 0 heterocycles. The van der Waals surface area contributed by atoms with Crippen LogP contribution in [0.3, 0.4) is 0 Å². The van der Waals surface area contributed by atoms with Crippen LogP contribution in [0.5, 0.6) is 5.75 Å². The van der Waals surface area contributed by atoms with Gasteiger partial charge in [-0.1, -0.05) is 32.4 Å². The van der Waals surface area contributed by atoms with Crippen LogP contribution in [0.4, 0.5) is 0 Å². The van der Waals surface area contributed by atoms with Crippen LogP contribution < -0.4 is 27.8 Å². The fourth-order valence-electron chi connectivity index (χ4n) is 3.85. The molecule has 4 atom stereocenters. The van der Waals surface area contributed by atoms with Crippen LogP contribution in [0.15, 0.2) is 29.3 Å². The number of likely N-dealkylation sites (N-methyl/N-ethyl adjacent to an activating group) is 1. The molecule has 206 valence electrons. The maximum Gasteiger partial charge on any atom is 0.240 e. The van der Waals surface area contributed by atoms with Gasteiger partial charge in [-0.05, 0) is 43.5 Å². The SMILES string of the molecule is CC[C@H](C)[C@H](NC(C)=O)C(=O)CN(C)[C@@H](CCCN=C(N)N)C(=O)N[C@@H](Cc1ccc(O)cc1)C(N)=O. The molecule has 0 unspecified atom stereocenters. The topological polar surface area (TPSA) is 206 Å². The Morgan fingerprint density at radius 1 is 1.08 bits per heavy atom. The van der Waals surface area contributed by atoms with E-state index in [-0.39, 0.29) is 48.8 Å². The summed E-state index contributed by atoms with van der Waals surface area (Å²) >= 11 is 0. The van der Waals surface area contributed by atoms with E-state index in [0.717, 1.165) is 0 Å². The quantitative estimate of drug-likeness (QED) is 0.0940. The molecule has 0 aliphatic rings. The van der Waals surface area contributed by atoms with E-state index < -0.39 is 29.9 Å². The van der Waals surface area contributed by atoms with Gasteiger partial charge in [-0.25, -0.2) is 0 Å². The second-order valence-corrected chi connectivity index (χ2v) is 9.24. The Morgan fingerprint density at radius 3 is 2.22 bits per heavy atom. The number of ketones is 1. The van der Waals surface area contributed by atoms with Crippen LogP contribution in [0.1, 0.15) is 45.6 Å². The molecule has 37 heavy (non-hydrogen) atoms. The molecule has 0 bridgehead atoms. The van der Waals surface area contributed by atoms with E-state index in [2.05, 4.69) is 15.6 Å². The van der Waals surface area contributed by atoms with Gasteiger partial charge < -0.3 is 32.9 Å². The lowest BCUT2D eigenvalue weighted by atomic mass is 9.94. The maximum absolute atomic E-state index is 13.3. The first-order valence-corrected chi connectivity index (χ1v) is 12.3. The number of phenols is 1. The van der Waals surface area contributed by atoms with Crippen molar-refractivity contribution >= 4 is 29.5 Å². The molecular weight excluding hydrogens is 478 g/mol. The number of hydrogen-bond acceptors (Lipinski definition) is 7. The largest absolute Gasteiger partial charge is 0.508 e. The number of carbonyl (C=O) groups excluding carboxylic acids is 4. The predicted molar refractivity (Wildman–Crippen MR) is 141 cm³/mol. The van der Waals surface area contributed by atoms with Crippen molar-refractivity contribution in [3.63, 3.8) is 0 Å². The molecule has 0 fully saturated rings. The van der Waals surface area contributed by atoms with Gasteiger partial charge in [-0.2, -0.15) is 0 Å². The van der Waals surface area contributed by atoms with Gasteiger partial charge in [0, 0.05) is 19.9 Å². The highest BCUT2D eigenvalue weighted by atomic mass is 16.3. The number of Topliss-reactive ketones (excluding diaryl/α,β-unsaturated/α-hetero) is 1. The summed E-state index contributed by atoms with van der Waals surface area (Å²) in [5.74, 6) is -1.84. The van der Waals surface area contributed by atoms with Gasteiger partial charge in [-0.15, -0.1) is 0 Å². The molecular formula is C25H41N7O5. The molecule has 9 N–H and O–H groups in total. The van der Waals surface area contributed by atoms with Crippen LogP contribution in [0.25, 0.3) is 0 Å². The molecule has 0 spiro atoms. The third-order valence-corrected chi connectivity index (χ3v) is 6.12. The first kappa shape index (κ1) is 31.4. The van der Waals surface area contributed by atoms with Crippen molar-refractivity contribution in [3.8, 4) is 5.75 Å². The number of guanidine groups is 1. The minimum atomic E-state index is -1.01. The Morgan fingerprint density at radius 2 is 1.70 bits per heavy atom. The van der Waals surface area contributed by atoms with Crippen LogP contribution in [-0.4, -0.2) is 77.7 Å². The monoisotopic (exact) mass is 519 g/mol. The van der Waals surface area contributed by atoms with E-state index in [9.17, 15) is 24.3 Å². The van der Waals surface area contributed by atoms with Gasteiger partial charge in [-0.3, -0.25) is 29.1 Å². The molecule has 1 rings (SSSR count). The number of nitrogens with one attached hydrogen (secondary N) is 2. The Kier molecular flexibility index (Phi) is 13.1. The smallest absolute Gasteiger partial charge is 0.240 e. The molecule has 1 aromatic rings. The molecule has 1 aromatic carbocycles. The number of primary amides is 1. The normalized spacial score (nSPS) is 14.2. The van der Waals surface area contributed by atoms with E-state index in [4.69, 9.17) is 17.2 Å². The third kappa shape index (κ3) is 11.3. The van der Waals surface area contributed by atoms with Crippen molar-refractivity contribution in [1.82, 2.24) is 15.5 Å². The van der Waals surface area contributed by atoms with Gasteiger partial charge in [0.15, 0.2) is 11.7 Å². The predicted octanol–water partition coefficient (Wildman–Crippen LogP) is -0.621. The molecule has 0 saturated heterocycles. The Labute approximate surface area is 218 Å². The van der Waals surface area contributed by atoms with Crippen molar-refractivity contribution in [3.05, 3.63) is 29.8 Å². The van der Waals surface area contributed by atoms with E-state index in [1.165, 1.54) is 19.1 Å². The number of hydrogen-bond donors (Lipinski definition) is 6. The standard InChI is InChI=1S/C25H41N7O5/c1-5-15(2)22(30-16(3)33)21(35)14-32(4)20(7-6-12-29-25(27)28)24(37)31-19(23(26)36)13-17-8-10-18(34)11-9-17/h8-11,15,19-20,22,34H,5-7,12-14H2,1-4H3,(H2,26,36)(H,30,33)(H,31,37)(H4,27,28,29)/t15-,19-,20-,22-/m0/s1. The molecule has 12 nitrogen and oxygen atoms in total. The molecule has 0 saturated carbocycles. The van der Waals surface area contributed by atoms with E-state index in [1.54, 1.807) is 24.1 Å². The Hall–Kier alpha value is -3.67. The highest BCUT2D eigenvalue weighted by Crippen LogP contribution is 2.14. The maximum atomic E-state index is 13.3. The zero-order valence-electron chi connectivity index (χ0n) is 22.1. The van der Waals surface area contributed by atoms with Gasteiger partial charge in [0.25, 0.3) is 0 Å². The van der Waals surface area contributed by atoms with Crippen LogP contribution >= 0.6 is 0 Å². The molecule has 0 aliphatic heterocycles. The third-order valence-electron chi connectivity index (χ3n) is 6.12. The lowest BCUT2D eigenvalue weighted by Gasteiger charge is -2.30. The number of aliphatic imine (C=N–C) groups is 1. The summed E-state index contributed by atoms with van der Waals surface area (Å²) in [6, 6.07) is 3.72. The number of benzene rings is 1. The van der Waals surface area contributed by atoms with Crippen LogP contribution in [0.2, 0.25) is 0 Å². The van der Waals surface area contributed by atoms with Gasteiger partial charge >= 0.3 is 0 Å². The number of nitrogens with two attached hydrogens (primary N) is 3. The summed E-state index contributed by atoms with van der Waals surface area (Å²) in [5, 5.41) is 14.9. The highest BCUT2D eigenvalue weighted by Gasteiger charge is 2.31. The minimum absolute atomic E-state index is 0.0704. The summed E-state index contributed by atoms with van der Waals surface area (Å²) in [6.45, 7) is 5.33. The molecule has 12 heteroatoms. The van der Waals surface area contributed by atoms with Crippen molar-refractivity contribution in [1.29, 1.82) is 0 Å². The summed E-state index contributed by atoms with van der Waals surface area (Å²) in [6.07, 6.45) is 1.54. The van der Waals surface area contributed by atoms with Gasteiger partial charge in [0.2, 0.25) is 17.7 Å². The lowest BCUT2D eigenvalue weighted by molar-refractivity contribution is -0.133. The van der Waals surface area contributed by atoms with Crippen LogP contribution in [-0.2, 0) is 25.6 Å². The fraction of sp³-hybridized carbons (Fsp3) is 0.560. The zero-order valence-corrected chi connectivity index (χ0v) is 22.1. The van der Waals surface area contributed by atoms with E-state index in [0.29, 0.717) is 24.8 Å². The number of carbonyl (C=O) groups is 4. The van der Waals surface area contributed by atoms with Crippen molar-refractivity contribution in [2.75, 3.05) is 20.1 Å². The first-order valence-electron chi connectivity index (χ1n) is 12.3. The summed E-state index contributed by atoms with van der Waals surface area (Å²) < 4.78 is 0. The number of phenolic OH excluding ortho intramolecular Hbond substituents is 1. The second kappa shape index (κ2) is 15.4. The summed E-state index contributed by atoms with van der Waals surface area (Å²) in [5.41, 5.74) is 17.0. The Bertz CT molecular complexity index is 947. The van der Waals surface area contributed by atoms with Crippen molar-refractivity contribution < 1.29 is 24.3 Å². The van der Waals surface area contributed by atoms with Crippen LogP contribution in [0, 0.1) is 5.92 Å². The molecule has 0 aliphatic carbocycles. The minimum Gasteiger partial charge on any atom is -0.508 e. The number of aromatic hydroxyl groups is 1. The van der Waals surface area contributed by atoms with E-state index in [1.807, 2.05) is 13.8 Å². The average Bonchev–Trinajstić information content (AvgIpc) is 2.82. The fourth-order valence-corrected chi connectivity index (χ4v) is 3.85. The molecule has 0 radical (unpaired) electrons. The summed E-state index contributed by atoms with van der Waals surface area (Å²) in [7, 11) is 1.63. The summed E-state index contributed by atoms with van der Waals surface area (Å²) in [4.78, 5) is 55.7. The first-order chi connectivity index (χ1) is 17.3. The zero-order chi connectivity index (χ0) is 28.1. The van der Waals surface area contributed by atoms with Gasteiger partial charge in [0.1, 0.15) is 11.8 Å². The van der Waals surface area contributed by atoms with Crippen molar-refractivity contribution in [2.45, 2.75) is 64.6 Å². The van der Waals surface area contributed by atoms with E-state index >= 15 is 0 Å². The van der Waals surface area contributed by atoms with Gasteiger partial charge in [0.05, 0.1) is 18.6 Å². The highest BCUT2D eigenvalue weighted by molar-refractivity contribution is 5.92. The molecule has 0 aromatic heterocycles. The number of rotatable bonds is 16. The second-order valence-electron chi connectivity index (χ2n) is 9.24. The lowest BCUT2D eigenvalue weighted by Crippen LogP contribution is -2.55. The Balaban J connectivity index is 3.06.